The minimum atomic E-state index is -2.63. The van der Waals surface area contributed by atoms with Gasteiger partial charge in [0.25, 0.3) is 0 Å². The highest BCUT2D eigenvalue weighted by Gasteiger charge is 2.70. The Morgan fingerprint density at radius 3 is 1.50 bits per heavy atom. The zero-order valence-electron chi connectivity index (χ0n) is 13.8. The van der Waals surface area contributed by atoms with Crippen LogP contribution in [0.3, 0.4) is 0 Å². The number of carbonyl (C=O) groups is 4. The molecule has 0 amide bonds. The Balaban J connectivity index is 2.52. The summed E-state index contributed by atoms with van der Waals surface area (Å²) in [5.74, 6) is -16.6. The molecule has 1 aromatic rings. The molecule has 0 radical (unpaired) electrons. The maximum absolute atomic E-state index is 12.0. The van der Waals surface area contributed by atoms with Crippen LogP contribution in [0, 0.1) is 23.7 Å². The van der Waals surface area contributed by atoms with Crippen LogP contribution in [0.1, 0.15) is 5.56 Å². The second-order valence-corrected chi connectivity index (χ2v) is 7.78. The van der Waals surface area contributed by atoms with Gasteiger partial charge < -0.3 is 39.6 Å². The Labute approximate surface area is 168 Å². The van der Waals surface area contributed by atoms with Crippen molar-refractivity contribution in [1.29, 1.82) is 0 Å². The van der Waals surface area contributed by atoms with Crippen molar-refractivity contribution in [3.8, 4) is 0 Å². The molecule has 1 aromatic carbocycles. The van der Waals surface area contributed by atoms with E-state index in [1.54, 1.807) is 0 Å². The van der Waals surface area contributed by atoms with Gasteiger partial charge in [-0.25, -0.2) is 0 Å². The number of hydrogen-bond acceptors (Lipinski definition) is 8. The van der Waals surface area contributed by atoms with Gasteiger partial charge in [-0.1, -0.05) is 48.0 Å². The van der Waals surface area contributed by atoms with Gasteiger partial charge in [0.2, 0.25) is 0 Å². The van der Waals surface area contributed by atoms with Crippen LogP contribution in [0.25, 0.3) is 0 Å². The Hall–Kier alpha value is -2.58. The molecule has 0 spiro atoms. The van der Waals surface area contributed by atoms with E-state index in [4.69, 9.17) is 23.2 Å². The summed E-state index contributed by atoms with van der Waals surface area (Å²) < 4.78 is 0. The quantitative estimate of drug-likeness (QED) is 0.440. The zero-order chi connectivity index (χ0) is 21.0. The van der Waals surface area contributed by atoms with Gasteiger partial charge in [-0.3, -0.25) is 0 Å². The van der Waals surface area contributed by atoms with E-state index in [9.17, 15) is 39.6 Å². The number of aliphatic carboxylic acids is 4. The molecule has 28 heavy (non-hydrogen) atoms. The average molecular weight is 425 g/mol. The predicted octanol–water partition coefficient (Wildman–Crippen LogP) is -3.48. The fourth-order valence-corrected chi connectivity index (χ4v) is 5.57. The summed E-state index contributed by atoms with van der Waals surface area (Å²) in [7, 11) is 0. The van der Waals surface area contributed by atoms with E-state index in [0.29, 0.717) is 0 Å². The van der Waals surface area contributed by atoms with E-state index in [1.165, 1.54) is 30.3 Å². The number of carboxylic acid groups (broad SMARTS) is 4. The molecule has 0 saturated heterocycles. The lowest BCUT2D eigenvalue weighted by atomic mass is 9.43. The highest BCUT2D eigenvalue weighted by atomic mass is 35.5. The lowest BCUT2D eigenvalue weighted by Gasteiger charge is -2.65. The van der Waals surface area contributed by atoms with Crippen molar-refractivity contribution in [3.05, 3.63) is 47.0 Å². The summed E-state index contributed by atoms with van der Waals surface area (Å²) in [4.78, 5) is 45.2. The van der Waals surface area contributed by atoms with Crippen LogP contribution in [0.15, 0.2) is 41.4 Å². The number of alkyl halides is 1. The first-order valence-electron chi connectivity index (χ1n) is 7.98. The number of hydrogen-bond donors (Lipinski definition) is 0. The van der Waals surface area contributed by atoms with Gasteiger partial charge in [0, 0.05) is 58.0 Å². The van der Waals surface area contributed by atoms with E-state index in [-0.39, 0.29) is 5.56 Å². The number of allylic oxidation sites excluding steroid dienone is 2. The van der Waals surface area contributed by atoms with Crippen molar-refractivity contribution in [2.24, 2.45) is 23.7 Å². The largest absolute Gasteiger partial charge is 0.550 e. The molecule has 0 N–H and O–H groups in total. The van der Waals surface area contributed by atoms with Crippen molar-refractivity contribution in [1.82, 2.24) is 0 Å². The molecular formula is C18H10Cl2O8-4. The zero-order valence-corrected chi connectivity index (χ0v) is 15.3. The summed E-state index contributed by atoms with van der Waals surface area (Å²) in [5, 5.41) is 47.3. The maximum Gasteiger partial charge on any atom is 0.0971 e. The molecule has 10 heteroatoms. The second kappa shape index (κ2) is 6.49. The Bertz CT molecular complexity index is 869. The van der Waals surface area contributed by atoms with Gasteiger partial charge in [-0.2, -0.15) is 0 Å². The maximum atomic E-state index is 12.0. The molecule has 0 aromatic heterocycles. The second-order valence-electron chi connectivity index (χ2n) is 6.75. The lowest BCUT2D eigenvalue weighted by molar-refractivity contribution is -0.348. The molecule has 3 aliphatic carbocycles. The first kappa shape index (κ1) is 20.2. The van der Waals surface area contributed by atoms with Gasteiger partial charge in [0.05, 0.1) is 4.87 Å². The lowest BCUT2D eigenvalue weighted by Crippen LogP contribution is -2.76. The first-order chi connectivity index (χ1) is 13.0. The molecule has 0 heterocycles. The van der Waals surface area contributed by atoms with Crippen molar-refractivity contribution in [2.45, 2.75) is 10.3 Å². The van der Waals surface area contributed by atoms with E-state index < -0.39 is 62.9 Å². The molecule has 1 fully saturated rings. The number of carbonyl (C=O) groups excluding carboxylic acids is 4. The Morgan fingerprint density at radius 1 is 0.750 bits per heavy atom. The van der Waals surface area contributed by atoms with Crippen molar-refractivity contribution in [2.75, 3.05) is 0 Å². The van der Waals surface area contributed by atoms with Crippen molar-refractivity contribution in [3.63, 3.8) is 0 Å². The fourth-order valence-electron chi connectivity index (χ4n) is 4.67. The van der Waals surface area contributed by atoms with Crippen LogP contribution in [0.5, 0.6) is 0 Å². The summed E-state index contributed by atoms with van der Waals surface area (Å²) in [5.41, 5.74) is -2.24. The Morgan fingerprint density at radius 2 is 1.14 bits per heavy atom. The normalized spacial score (nSPS) is 36.4. The summed E-state index contributed by atoms with van der Waals surface area (Å²) in [6.07, 6.45) is 0.969. The van der Waals surface area contributed by atoms with Crippen molar-refractivity contribution < 1.29 is 39.6 Å². The van der Waals surface area contributed by atoms with Gasteiger partial charge in [-0.05, 0) is 5.56 Å². The van der Waals surface area contributed by atoms with Crippen LogP contribution in [0.4, 0.5) is 0 Å². The molecule has 6 atom stereocenters. The minimum absolute atomic E-state index is 0.00698. The van der Waals surface area contributed by atoms with Gasteiger partial charge >= 0.3 is 0 Å². The topological polar surface area (TPSA) is 161 Å². The molecule has 148 valence electrons. The monoisotopic (exact) mass is 424 g/mol. The van der Waals surface area contributed by atoms with Crippen LogP contribution in [-0.2, 0) is 24.6 Å². The van der Waals surface area contributed by atoms with Gasteiger partial charge in [0.15, 0.2) is 0 Å². The molecule has 4 rings (SSSR count). The number of halogens is 2. The number of rotatable bonds is 5. The molecule has 2 bridgehead atoms. The molecule has 3 aliphatic rings. The summed E-state index contributed by atoms with van der Waals surface area (Å²) >= 11 is 12.4. The molecule has 2 unspecified atom stereocenters. The van der Waals surface area contributed by atoms with E-state index in [0.717, 1.165) is 6.08 Å². The standard InChI is InChI=1S/C18H14Cl2O8/c19-8-6-17(7-4-2-1-3-5-7)9(13(21)22)11(15(25)26)18(8,20)12(16(27)28)10(17)14(23)24/h1-6,9-12H,(H,21,22)(H,23,24)(H,25,26)(H,27,28)/p-4/t9-,10+,11+,12-,17?,18?. The molecule has 1 saturated carbocycles. The predicted molar refractivity (Wildman–Crippen MR) is 84.6 cm³/mol. The van der Waals surface area contributed by atoms with Gasteiger partial charge in [0.1, 0.15) is 0 Å². The molecule has 0 aliphatic heterocycles. The number of benzene rings is 1. The Kier molecular flexibility index (Phi) is 4.68. The fraction of sp³-hybridized carbons (Fsp3) is 0.333. The average Bonchev–Trinajstić information content (AvgIpc) is 2.61. The van der Waals surface area contributed by atoms with Crippen molar-refractivity contribution >= 4 is 47.1 Å². The summed E-state index contributed by atoms with van der Waals surface area (Å²) in [6.45, 7) is 0. The minimum Gasteiger partial charge on any atom is -0.550 e. The number of carboxylic acids is 4. The van der Waals surface area contributed by atoms with Crippen LogP contribution in [-0.4, -0.2) is 28.8 Å². The van der Waals surface area contributed by atoms with Crippen LogP contribution in [0.2, 0.25) is 0 Å². The third-order valence-corrected chi connectivity index (χ3v) is 6.81. The van der Waals surface area contributed by atoms with Gasteiger partial charge in [-0.15, -0.1) is 11.6 Å². The van der Waals surface area contributed by atoms with E-state index >= 15 is 0 Å². The van der Waals surface area contributed by atoms with Crippen LogP contribution >= 0.6 is 23.2 Å². The molecular weight excluding hydrogens is 415 g/mol. The highest BCUT2D eigenvalue weighted by Crippen LogP contribution is 2.66. The summed E-state index contributed by atoms with van der Waals surface area (Å²) in [6, 6.07) is 7.04. The first-order valence-corrected chi connectivity index (χ1v) is 8.73. The SMILES string of the molecule is O=C([O-])[C@@H]1[C@H](C(=O)[O-])C2(c3ccccc3)C=C(Cl)C1(Cl)[C@@H](C(=O)[O-])[C@H]2C(=O)[O-]. The third kappa shape index (κ3) is 2.37. The number of fused-ring (bicyclic) bond motifs is 2. The van der Waals surface area contributed by atoms with E-state index in [1.807, 2.05) is 0 Å². The van der Waals surface area contributed by atoms with Crippen LogP contribution < -0.4 is 20.4 Å². The highest BCUT2D eigenvalue weighted by molar-refractivity contribution is 6.42. The smallest absolute Gasteiger partial charge is 0.0971 e. The van der Waals surface area contributed by atoms with E-state index in [2.05, 4.69) is 0 Å². The molecule has 8 nitrogen and oxygen atoms in total. The third-order valence-electron chi connectivity index (χ3n) is 5.62.